The highest BCUT2D eigenvalue weighted by Gasteiger charge is 1.97. The van der Waals surface area contributed by atoms with E-state index < -0.39 is 0 Å². The number of aryl methyl sites for hydroxylation is 1. The number of aliphatic hydroxyl groups excluding tert-OH is 1. The van der Waals surface area contributed by atoms with Crippen LogP contribution in [0.4, 0.5) is 0 Å². The quantitative estimate of drug-likeness (QED) is 0.722. The molecule has 78 valence electrons. The van der Waals surface area contributed by atoms with E-state index in [0.717, 1.165) is 25.8 Å². The van der Waals surface area contributed by atoms with E-state index in [0.29, 0.717) is 0 Å². The van der Waals surface area contributed by atoms with E-state index in [1.165, 1.54) is 0 Å². The Bertz CT molecular complexity index is 317. The highest BCUT2D eigenvalue weighted by atomic mass is 16.3. The molecule has 0 bridgehead atoms. The van der Waals surface area contributed by atoms with Crippen LogP contribution in [0, 0.1) is 0 Å². The van der Waals surface area contributed by atoms with Crippen molar-refractivity contribution in [1.82, 2.24) is 4.57 Å². The highest BCUT2D eigenvalue weighted by Crippen LogP contribution is 2.01. The Hall–Kier alpha value is -1.09. The summed E-state index contributed by atoms with van der Waals surface area (Å²) in [7, 11) is 0. The highest BCUT2D eigenvalue weighted by molar-refractivity contribution is 4.92. The van der Waals surface area contributed by atoms with Gasteiger partial charge < -0.3 is 9.67 Å². The van der Waals surface area contributed by atoms with Gasteiger partial charge in [-0.3, -0.25) is 4.79 Å². The maximum Gasteiger partial charge on any atom is 0.250 e. The monoisotopic (exact) mass is 195 g/mol. The van der Waals surface area contributed by atoms with E-state index in [1.807, 2.05) is 6.07 Å². The predicted molar refractivity (Wildman–Crippen MR) is 56.2 cm³/mol. The molecule has 3 heteroatoms. The molecule has 0 fully saturated rings. The van der Waals surface area contributed by atoms with Crippen molar-refractivity contribution in [2.75, 3.05) is 0 Å². The molecule has 0 saturated carbocycles. The molecule has 3 nitrogen and oxygen atoms in total. The van der Waals surface area contributed by atoms with Crippen molar-refractivity contribution >= 4 is 0 Å². The van der Waals surface area contributed by atoms with Gasteiger partial charge in [0, 0.05) is 18.8 Å². The SMILES string of the molecule is CC(O)CCCCn1ccccc1=O. The van der Waals surface area contributed by atoms with Crippen LogP contribution in [0.1, 0.15) is 26.2 Å². The first-order valence-corrected chi connectivity index (χ1v) is 5.03. The summed E-state index contributed by atoms with van der Waals surface area (Å²) < 4.78 is 1.70. The normalized spacial score (nSPS) is 12.7. The van der Waals surface area contributed by atoms with Crippen molar-refractivity contribution in [3.05, 3.63) is 34.7 Å². The summed E-state index contributed by atoms with van der Waals surface area (Å²) in [5, 5.41) is 9.04. The van der Waals surface area contributed by atoms with E-state index in [-0.39, 0.29) is 11.7 Å². The summed E-state index contributed by atoms with van der Waals surface area (Å²) in [5.74, 6) is 0. The van der Waals surface area contributed by atoms with Crippen LogP contribution in [-0.2, 0) is 6.54 Å². The van der Waals surface area contributed by atoms with E-state index in [1.54, 1.807) is 29.8 Å². The summed E-state index contributed by atoms with van der Waals surface area (Å²) in [6, 6.07) is 5.17. The third-order valence-corrected chi connectivity index (χ3v) is 2.17. The zero-order chi connectivity index (χ0) is 10.4. The van der Waals surface area contributed by atoms with Gasteiger partial charge >= 0.3 is 0 Å². The molecule has 0 aromatic carbocycles. The number of rotatable bonds is 5. The summed E-state index contributed by atoms with van der Waals surface area (Å²) in [5.41, 5.74) is 0.0459. The van der Waals surface area contributed by atoms with Gasteiger partial charge in [-0.1, -0.05) is 6.07 Å². The minimum atomic E-state index is -0.234. The van der Waals surface area contributed by atoms with Crippen LogP contribution in [-0.4, -0.2) is 15.8 Å². The lowest BCUT2D eigenvalue weighted by atomic mass is 10.2. The molecule has 0 saturated heterocycles. The zero-order valence-corrected chi connectivity index (χ0v) is 8.52. The molecule has 1 aromatic heterocycles. The van der Waals surface area contributed by atoms with Gasteiger partial charge in [-0.05, 0) is 32.3 Å². The topological polar surface area (TPSA) is 42.2 Å². The molecule has 1 aromatic rings. The first-order chi connectivity index (χ1) is 6.70. The van der Waals surface area contributed by atoms with Crippen molar-refractivity contribution in [1.29, 1.82) is 0 Å². The lowest BCUT2D eigenvalue weighted by Crippen LogP contribution is -2.17. The van der Waals surface area contributed by atoms with E-state index in [4.69, 9.17) is 5.11 Å². The molecule has 14 heavy (non-hydrogen) atoms. The van der Waals surface area contributed by atoms with Gasteiger partial charge in [0.05, 0.1) is 6.10 Å². The maximum atomic E-state index is 11.3. The fourth-order valence-electron chi connectivity index (χ4n) is 1.37. The maximum absolute atomic E-state index is 11.3. The molecule has 1 heterocycles. The van der Waals surface area contributed by atoms with Crippen molar-refractivity contribution in [3.8, 4) is 0 Å². The largest absolute Gasteiger partial charge is 0.393 e. The molecule has 1 atom stereocenters. The summed E-state index contributed by atoms with van der Waals surface area (Å²) >= 11 is 0. The molecule has 0 radical (unpaired) electrons. The lowest BCUT2D eigenvalue weighted by molar-refractivity contribution is 0.180. The van der Waals surface area contributed by atoms with E-state index in [9.17, 15) is 4.79 Å². The molecular formula is C11H17NO2. The summed E-state index contributed by atoms with van der Waals surface area (Å²) in [4.78, 5) is 11.3. The predicted octanol–water partition coefficient (Wildman–Crippen LogP) is 1.40. The van der Waals surface area contributed by atoms with Gasteiger partial charge in [-0.25, -0.2) is 0 Å². The molecule has 0 spiro atoms. The summed E-state index contributed by atoms with van der Waals surface area (Å²) in [6.07, 6.45) is 4.27. The second-order valence-electron chi connectivity index (χ2n) is 3.58. The molecule has 1 unspecified atom stereocenters. The van der Waals surface area contributed by atoms with Crippen molar-refractivity contribution in [2.45, 2.75) is 38.8 Å². The van der Waals surface area contributed by atoms with Crippen molar-refractivity contribution < 1.29 is 5.11 Å². The molecule has 0 aliphatic carbocycles. The number of aliphatic hydroxyl groups is 1. The van der Waals surface area contributed by atoms with Gasteiger partial charge in [-0.2, -0.15) is 0 Å². The third kappa shape index (κ3) is 3.75. The van der Waals surface area contributed by atoms with Crippen molar-refractivity contribution in [3.63, 3.8) is 0 Å². The number of hydrogen-bond acceptors (Lipinski definition) is 2. The van der Waals surface area contributed by atoms with Crippen LogP contribution in [0.15, 0.2) is 29.2 Å². The van der Waals surface area contributed by atoms with Crippen LogP contribution in [0.2, 0.25) is 0 Å². The minimum absolute atomic E-state index is 0.0459. The van der Waals surface area contributed by atoms with Gasteiger partial charge in [0.2, 0.25) is 5.56 Å². The minimum Gasteiger partial charge on any atom is -0.393 e. The Labute approximate surface area is 84.0 Å². The second kappa shape index (κ2) is 5.60. The zero-order valence-electron chi connectivity index (χ0n) is 8.52. The van der Waals surface area contributed by atoms with E-state index in [2.05, 4.69) is 0 Å². The third-order valence-electron chi connectivity index (χ3n) is 2.17. The standard InChI is InChI=1S/C11H17NO2/c1-10(13)6-2-4-8-12-9-5-3-7-11(12)14/h3,5,7,9-10,13H,2,4,6,8H2,1H3. The lowest BCUT2D eigenvalue weighted by Gasteiger charge is -2.05. The Morgan fingerprint density at radius 3 is 2.86 bits per heavy atom. The van der Waals surface area contributed by atoms with Crippen LogP contribution in [0.25, 0.3) is 0 Å². The Kier molecular flexibility index (Phi) is 4.40. The number of pyridine rings is 1. The first kappa shape index (κ1) is 11.0. The second-order valence-corrected chi connectivity index (χ2v) is 3.58. The van der Waals surface area contributed by atoms with Gasteiger partial charge in [0.25, 0.3) is 0 Å². The van der Waals surface area contributed by atoms with Gasteiger partial charge in [0.15, 0.2) is 0 Å². The van der Waals surface area contributed by atoms with Crippen molar-refractivity contribution in [2.24, 2.45) is 0 Å². The van der Waals surface area contributed by atoms with Crippen LogP contribution >= 0.6 is 0 Å². The molecule has 1 rings (SSSR count). The molecule has 0 aliphatic rings. The fourth-order valence-corrected chi connectivity index (χ4v) is 1.37. The Morgan fingerprint density at radius 2 is 2.21 bits per heavy atom. The summed E-state index contributed by atoms with van der Waals surface area (Å²) in [6.45, 7) is 2.53. The number of hydrogen-bond donors (Lipinski definition) is 1. The Morgan fingerprint density at radius 1 is 1.43 bits per heavy atom. The molecule has 0 aliphatic heterocycles. The van der Waals surface area contributed by atoms with E-state index >= 15 is 0 Å². The fraction of sp³-hybridized carbons (Fsp3) is 0.545. The van der Waals surface area contributed by atoms with Gasteiger partial charge in [-0.15, -0.1) is 0 Å². The van der Waals surface area contributed by atoms with Crippen LogP contribution in [0.3, 0.4) is 0 Å². The van der Waals surface area contributed by atoms with Crippen LogP contribution in [0.5, 0.6) is 0 Å². The smallest absolute Gasteiger partial charge is 0.250 e. The molecule has 1 N–H and O–H groups in total. The van der Waals surface area contributed by atoms with Gasteiger partial charge in [0.1, 0.15) is 0 Å². The number of nitrogens with zero attached hydrogens (tertiary/aromatic N) is 1. The van der Waals surface area contributed by atoms with Crippen LogP contribution < -0.4 is 5.56 Å². The molecule has 0 amide bonds. The number of aromatic nitrogens is 1. The first-order valence-electron chi connectivity index (χ1n) is 5.03. The average Bonchev–Trinajstić information content (AvgIpc) is 2.15. The average molecular weight is 195 g/mol. The molecular weight excluding hydrogens is 178 g/mol. The number of unbranched alkanes of at least 4 members (excludes halogenated alkanes) is 1. The Balaban J connectivity index is 2.32.